The Morgan fingerprint density at radius 3 is 2.28 bits per heavy atom. The zero-order valence-electron chi connectivity index (χ0n) is 11.0. The predicted molar refractivity (Wildman–Crippen MR) is 69.4 cm³/mol. The number of carboxylic acids is 1. The third-order valence-corrected chi connectivity index (χ3v) is 3.19. The number of benzene rings is 1. The van der Waals surface area contributed by atoms with Crippen molar-refractivity contribution in [2.75, 3.05) is 7.05 Å². The van der Waals surface area contributed by atoms with Gasteiger partial charge in [-0.2, -0.15) is 0 Å². The van der Waals surface area contributed by atoms with Gasteiger partial charge in [-0.3, -0.25) is 4.79 Å². The molecule has 1 aromatic rings. The van der Waals surface area contributed by atoms with Crippen molar-refractivity contribution in [2.45, 2.75) is 26.3 Å². The second kappa shape index (κ2) is 6.19. The number of hydrogen-bond donors (Lipinski definition) is 1. The summed E-state index contributed by atoms with van der Waals surface area (Å²) in [5.74, 6) is -1.31. The van der Waals surface area contributed by atoms with Crippen molar-refractivity contribution in [3.8, 4) is 0 Å². The number of likely N-dealkylation sites (N-methyl/N-ethyl adjacent to an activating group) is 1. The van der Waals surface area contributed by atoms with E-state index in [0.29, 0.717) is 12.0 Å². The van der Waals surface area contributed by atoms with Crippen LogP contribution in [-0.2, 0) is 4.79 Å². The predicted octanol–water partition coefficient (Wildman–Crippen LogP) is 2.26. The highest BCUT2D eigenvalue weighted by Crippen LogP contribution is 2.16. The largest absolute Gasteiger partial charge is 0.480 e. The summed E-state index contributed by atoms with van der Waals surface area (Å²) in [5.41, 5.74) is 0.509. The molecular formula is C14H19NO3. The molecule has 0 radical (unpaired) electrons. The topological polar surface area (TPSA) is 57.6 Å². The highest BCUT2D eigenvalue weighted by Gasteiger charge is 2.31. The van der Waals surface area contributed by atoms with E-state index >= 15 is 0 Å². The molecule has 1 aromatic carbocycles. The summed E-state index contributed by atoms with van der Waals surface area (Å²) in [5, 5.41) is 9.25. The fourth-order valence-corrected chi connectivity index (χ4v) is 1.92. The van der Waals surface area contributed by atoms with Crippen molar-refractivity contribution in [1.82, 2.24) is 4.90 Å². The Labute approximate surface area is 107 Å². The van der Waals surface area contributed by atoms with E-state index < -0.39 is 12.0 Å². The standard InChI is InChI=1S/C14H19NO3/c1-4-10(2)12(14(17)18)15(3)13(16)11-8-6-5-7-9-11/h5-10,12H,4H2,1-3H3,(H,17,18)/t10-,12-/m0/s1. The van der Waals surface area contributed by atoms with Crippen LogP contribution in [0.5, 0.6) is 0 Å². The number of amides is 1. The molecule has 1 rings (SSSR count). The van der Waals surface area contributed by atoms with Crippen molar-refractivity contribution in [2.24, 2.45) is 5.92 Å². The summed E-state index contributed by atoms with van der Waals surface area (Å²) in [6.45, 7) is 3.76. The van der Waals surface area contributed by atoms with Crippen LogP contribution in [0.25, 0.3) is 0 Å². The van der Waals surface area contributed by atoms with Gasteiger partial charge in [0.25, 0.3) is 5.91 Å². The van der Waals surface area contributed by atoms with Gasteiger partial charge >= 0.3 is 5.97 Å². The number of carbonyl (C=O) groups is 2. The smallest absolute Gasteiger partial charge is 0.326 e. The molecule has 0 unspecified atom stereocenters. The van der Waals surface area contributed by atoms with Crippen LogP contribution in [0.3, 0.4) is 0 Å². The third kappa shape index (κ3) is 3.09. The molecule has 18 heavy (non-hydrogen) atoms. The Kier molecular flexibility index (Phi) is 4.89. The zero-order valence-corrected chi connectivity index (χ0v) is 11.0. The highest BCUT2D eigenvalue weighted by atomic mass is 16.4. The number of carbonyl (C=O) groups excluding carboxylic acids is 1. The fraction of sp³-hybridized carbons (Fsp3) is 0.429. The van der Waals surface area contributed by atoms with Gasteiger partial charge in [0.15, 0.2) is 0 Å². The molecule has 0 aromatic heterocycles. The van der Waals surface area contributed by atoms with Crippen molar-refractivity contribution >= 4 is 11.9 Å². The Balaban J connectivity index is 2.94. The van der Waals surface area contributed by atoms with Crippen LogP contribution in [0.1, 0.15) is 30.6 Å². The first-order chi connectivity index (χ1) is 8.49. The van der Waals surface area contributed by atoms with E-state index in [0.717, 1.165) is 0 Å². The average molecular weight is 249 g/mol. The summed E-state index contributed by atoms with van der Waals surface area (Å²) >= 11 is 0. The van der Waals surface area contributed by atoms with Gasteiger partial charge in [0.05, 0.1) is 0 Å². The molecule has 0 spiro atoms. The van der Waals surface area contributed by atoms with Crippen LogP contribution in [0, 0.1) is 5.92 Å². The highest BCUT2D eigenvalue weighted by molar-refractivity contribution is 5.96. The van der Waals surface area contributed by atoms with Crippen LogP contribution in [0.15, 0.2) is 30.3 Å². The van der Waals surface area contributed by atoms with E-state index in [2.05, 4.69) is 0 Å². The van der Waals surface area contributed by atoms with E-state index in [1.165, 1.54) is 4.90 Å². The second-order valence-electron chi connectivity index (χ2n) is 4.45. The Bertz CT molecular complexity index is 416. The third-order valence-electron chi connectivity index (χ3n) is 3.19. The first kappa shape index (κ1) is 14.2. The maximum atomic E-state index is 12.2. The fourth-order valence-electron chi connectivity index (χ4n) is 1.92. The molecule has 4 nitrogen and oxygen atoms in total. The number of hydrogen-bond acceptors (Lipinski definition) is 2. The lowest BCUT2D eigenvalue weighted by atomic mass is 9.97. The first-order valence-corrected chi connectivity index (χ1v) is 6.04. The molecule has 0 fully saturated rings. The number of rotatable bonds is 5. The normalized spacial score (nSPS) is 13.7. The molecule has 1 N–H and O–H groups in total. The zero-order chi connectivity index (χ0) is 13.7. The van der Waals surface area contributed by atoms with Gasteiger partial charge in [-0.1, -0.05) is 38.5 Å². The van der Waals surface area contributed by atoms with E-state index in [-0.39, 0.29) is 11.8 Å². The Morgan fingerprint density at radius 1 is 1.28 bits per heavy atom. The SMILES string of the molecule is CC[C@H](C)[C@@H](C(=O)O)N(C)C(=O)c1ccccc1. The van der Waals surface area contributed by atoms with E-state index in [1.54, 1.807) is 31.3 Å². The summed E-state index contributed by atoms with van der Waals surface area (Å²) < 4.78 is 0. The average Bonchev–Trinajstić information content (AvgIpc) is 2.38. The second-order valence-corrected chi connectivity index (χ2v) is 4.45. The van der Waals surface area contributed by atoms with Crippen LogP contribution in [0.2, 0.25) is 0 Å². The number of aliphatic carboxylic acids is 1. The molecule has 1 amide bonds. The first-order valence-electron chi connectivity index (χ1n) is 6.04. The van der Waals surface area contributed by atoms with Crippen molar-refractivity contribution in [1.29, 1.82) is 0 Å². The monoisotopic (exact) mass is 249 g/mol. The number of nitrogens with zero attached hydrogens (tertiary/aromatic N) is 1. The summed E-state index contributed by atoms with van der Waals surface area (Å²) in [6.07, 6.45) is 0.712. The Hall–Kier alpha value is -1.84. The minimum absolute atomic E-state index is 0.0832. The minimum Gasteiger partial charge on any atom is -0.480 e. The molecule has 0 bridgehead atoms. The molecule has 98 valence electrons. The van der Waals surface area contributed by atoms with Crippen LogP contribution >= 0.6 is 0 Å². The molecule has 0 saturated carbocycles. The molecule has 0 aliphatic heterocycles. The van der Waals surface area contributed by atoms with Crippen LogP contribution in [-0.4, -0.2) is 35.0 Å². The van der Waals surface area contributed by atoms with Gasteiger partial charge in [0.1, 0.15) is 6.04 Å². The van der Waals surface area contributed by atoms with Crippen molar-refractivity contribution in [3.05, 3.63) is 35.9 Å². The van der Waals surface area contributed by atoms with Crippen molar-refractivity contribution < 1.29 is 14.7 Å². The molecule has 0 aliphatic rings. The summed E-state index contributed by atoms with van der Waals surface area (Å²) in [4.78, 5) is 24.8. The summed E-state index contributed by atoms with van der Waals surface area (Å²) in [7, 11) is 1.54. The molecule has 4 heteroatoms. The van der Waals surface area contributed by atoms with Gasteiger partial charge in [-0.05, 0) is 18.1 Å². The van der Waals surface area contributed by atoms with E-state index in [9.17, 15) is 14.7 Å². The molecule has 2 atom stereocenters. The van der Waals surface area contributed by atoms with Crippen LogP contribution in [0.4, 0.5) is 0 Å². The van der Waals surface area contributed by atoms with Gasteiger partial charge < -0.3 is 10.0 Å². The van der Waals surface area contributed by atoms with Gasteiger partial charge in [0.2, 0.25) is 0 Å². The Morgan fingerprint density at radius 2 is 1.83 bits per heavy atom. The molecule has 0 aliphatic carbocycles. The molecular weight excluding hydrogens is 230 g/mol. The van der Waals surface area contributed by atoms with Gasteiger partial charge in [-0.15, -0.1) is 0 Å². The lowest BCUT2D eigenvalue weighted by molar-refractivity contribution is -0.143. The minimum atomic E-state index is -0.962. The maximum Gasteiger partial charge on any atom is 0.326 e. The van der Waals surface area contributed by atoms with Crippen molar-refractivity contribution in [3.63, 3.8) is 0 Å². The van der Waals surface area contributed by atoms with Gasteiger partial charge in [-0.25, -0.2) is 4.79 Å². The molecule has 0 heterocycles. The van der Waals surface area contributed by atoms with Gasteiger partial charge in [0, 0.05) is 12.6 Å². The number of carboxylic acid groups (broad SMARTS) is 1. The lowest BCUT2D eigenvalue weighted by Crippen LogP contribution is -2.46. The van der Waals surface area contributed by atoms with E-state index in [1.807, 2.05) is 19.9 Å². The van der Waals surface area contributed by atoms with E-state index in [4.69, 9.17) is 0 Å². The summed E-state index contributed by atoms with van der Waals surface area (Å²) in [6, 6.07) is 7.94. The maximum absolute atomic E-state index is 12.2. The lowest BCUT2D eigenvalue weighted by Gasteiger charge is -2.29. The molecule has 0 saturated heterocycles. The quantitative estimate of drug-likeness (QED) is 0.870. The van der Waals surface area contributed by atoms with Crippen LogP contribution < -0.4 is 0 Å².